The van der Waals surface area contributed by atoms with Gasteiger partial charge in [-0.05, 0) is 47.2 Å². The molecule has 13 heteroatoms. The Morgan fingerprint density at radius 1 is 1.24 bits per heavy atom. The zero-order valence-electron chi connectivity index (χ0n) is 19.9. The van der Waals surface area contributed by atoms with Crippen molar-refractivity contribution in [3.8, 4) is 5.75 Å². The summed E-state index contributed by atoms with van der Waals surface area (Å²) in [6, 6.07) is 8.00. The van der Waals surface area contributed by atoms with Crippen molar-refractivity contribution in [3.05, 3.63) is 75.1 Å². The summed E-state index contributed by atoms with van der Waals surface area (Å²) in [7, 11) is 1.29. The van der Waals surface area contributed by atoms with Crippen LogP contribution in [0.4, 0.5) is 10.1 Å². The number of halogens is 1. The van der Waals surface area contributed by atoms with Crippen molar-refractivity contribution in [3.63, 3.8) is 0 Å². The fourth-order valence-electron chi connectivity index (χ4n) is 3.86. The first-order valence-electron chi connectivity index (χ1n) is 11.4. The summed E-state index contributed by atoms with van der Waals surface area (Å²) in [6.45, 7) is 0.0196. The molecule has 4 heterocycles. The number of methoxy groups -OCH3 is 1. The average Bonchev–Trinajstić information content (AvgIpc) is 3.56. The summed E-state index contributed by atoms with van der Waals surface area (Å²) in [6.07, 6.45) is 1.27. The third-order valence-corrected chi connectivity index (χ3v) is 6.72. The molecule has 0 unspecified atom stereocenters. The Bertz CT molecular complexity index is 1600. The van der Waals surface area contributed by atoms with Gasteiger partial charge in [-0.25, -0.2) is 18.7 Å². The van der Waals surface area contributed by atoms with E-state index in [1.165, 1.54) is 24.5 Å². The monoisotopic (exact) mass is 537 g/mol. The maximum atomic E-state index is 14.4. The predicted octanol–water partition coefficient (Wildman–Crippen LogP) is 2.79. The first-order valence-corrected chi connectivity index (χ1v) is 12.3. The number of benzene rings is 1. The summed E-state index contributed by atoms with van der Waals surface area (Å²) in [5.41, 5.74) is 1.53. The molecule has 0 saturated heterocycles. The number of carbonyl (C=O) groups excluding carboxylic acids is 4. The van der Waals surface area contributed by atoms with Gasteiger partial charge in [-0.3, -0.25) is 14.4 Å². The van der Waals surface area contributed by atoms with Gasteiger partial charge in [-0.1, -0.05) is 6.07 Å². The standard InChI is InChI=1S/C25H20FN5O6S/c1-36-25(35)21-7-14(12-38-21)2-4-19(32)18-8-17(30-23-15(26)10-28-31(18)23)24(34)27-9-13-3-5-20-16(6-13)29-22(33)11-37-20/h3,5-8,10,12H,2,4,9,11H2,1H3,(H,27,34)(H,29,33). The Morgan fingerprint density at radius 2 is 2.08 bits per heavy atom. The molecule has 3 aromatic heterocycles. The lowest BCUT2D eigenvalue weighted by Gasteiger charge is -2.18. The molecular weight excluding hydrogens is 517 g/mol. The summed E-state index contributed by atoms with van der Waals surface area (Å²) in [4.78, 5) is 53.7. The van der Waals surface area contributed by atoms with Gasteiger partial charge in [0.05, 0.1) is 19.0 Å². The van der Waals surface area contributed by atoms with Crippen LogP contribution >= 0.6 is 11.3 Å². The molecule has 11 nitrogen and oxygen atoms in total. The van der Waals surface area contributed by atoms with E-state index in [1.54, 1.807) is 29.6 Å². The van der Waals surface area contributed by atoms with Crippen LogP contribution in [-0.2, 0) is 22.5 Å². The van der Waals surface area contributed by atoms with Gasteiger partial charge in [-0.2, -0.15) is 5.10 Å². The zero-order chi connectivity index (χ0) is 26.8. The van der Waals surface area contributed by atoms with Gasteiger partial charge in [0.1, 0.15) is 22.0 Å². The van der Waals surface area contributed by atoms with E-state index in [-0.39, 0.29) is 48.3 Å². The Hall–Kier alpha value is -4.65. The summed E-state index contributed by atoms with van der Waals surface area (Å²) in [5, 5.41) is 11.0. The van der Waals surface area contributed by atoms with E-state index in [1.807, 2.05) is 0 Å². The molecule has 38 heavy (non-hydrogen) atoms. The summed E-state index contributed by atoms with van der Waals surface area (Å²) < 4.78 is 25.4. The quantitative estimate of drug-likeness (QED) is 0.258. The van der Waals surface area contributed by atoms with Crippen LogP contribution in [0.5, 0.6) is 5.75 Å². The number of hydrogen-bond donors (Lipinski definition) is 2. The number of hydrogen-bond acceptors (Lipinski definition) is 9. The molecule has 1 aliphatic heterocycles. The molecule has 1 aromatic carbocycles. The van der Waals surface area contributed by atoms with Crippen LogP contribution in [-0.4, -0.2) is 51.9 Å². The molecule has 0 radical (unpaired) electrons. The van der Waals surface area contributed by atoms with Gasteiger partial charge >= 0.3 is 5.97 Å². The Morgan fingerprint density at radius 3 is 2.89 bits per heavy atom. The highest BCUT2D eigenvalue weighted by Gasteiger charge is 2.21. The Labute approximate surface area is 218 Å². The van der Waals surface area contributed by atoms with Crippen molar-refractivity contribution < 1.29 is 33.0 Å². The van der Waals surface area contributed by atoms with Crippen LogP contribution in [0.15, 0.2) is 41.9 Å². The Kier molecular flexibility index (Phi) is 6.83. The lowest BCUT2D eigenvalue weighted by Crippen LogP contribution is -2.27. The largest absolute Gasteiger partial charge is 0.482 e. The lowest BCUT2D eigenvalue weighted by molar-refractivity contribution is -0.118. The number of carbonyl (C=O) groups is 4. The number of nitrogens with one attached hydrogen (secondary N) is 2. The number of anilines is 1. The SMILES string of the molecule is COC(=O)c1cc(CCC(=O)c2cc(C(=O)NCc3ccc4c(c3)NC(=O)CO4)nc3c(F)cnn23)cs1. The average molecular weight is 538 g/mol. The maximum Gasteiger partial charge on any atom is 0.348 e. The molecule has 0 bridgehead atoms. The number of thiophene rings is 1. The van der Waals surface area contributed by atoms with Gasteiger partial charge in [0, 0.05) is 13.0 Å². The van der Waals surface area contributed by atoms with Crippen molar-refractivity contribution in [1.82, 2.24) is 19.9 Å². The molecule has 0 fully saturated rings. The predicted molar refractivity (Wildman–Crippen MR) is 133 cm³/mol. The normalized spacial score (nSPS) is 12.4. The van der Waals surface area contributed by atoms with E-state index in [0.717, 1.165) is 16.3 Å². The van der Waals surface area contributed by atoms with E-state index >= 15 is 0 Å². The molecule has 0 saturated carbocycles. The number of rotatable bonds is 8. The number of ether oxygens (including phenoxy) is 2. The van der Waals surface area contributed by atoms with Gasteiger partial charge in [0.25, 0.3) is 11.8 Å². The van der Waals surface area contributed by atoms with E-state index in [0.29, 0.717) is 28.3 Å². The van der Waals surface area contributed by atoms with E-state index in [2.05, 4.69) is 20.7 Å². The second-order valence-electron chi connectivity index (χ2n) is 8.34. The third kappa shape index (κ3) is 5.09. The molecular formula is C25H20FN5O6S. The first-order chi connectivity index (χ1) is 18.3. The fraction of sp³-hybridized carbons (Fsp3) is 0.200. The highest BCUT2D eigenvalue weighted by molar-refractivity contribution is 7.12. The van der Waals surface area contributed by atoms with Crippen molar-refractivity contribution in [2.24, 2.45) is 0 Å². The van der Waals surface area contributed by atoms with Crippen LogP contribution in [0.1, 0.15) is 48.2 Å². The molecule has 0 atom stereocenters. The minimum absolute atomic E-state index is 0.00103. The van der Waals surface area contributed by atoms with Crippen molar-refractivity contribution >= 4 is 46.2 Å². The minimum Gasteiger partial charge on any atom is -0.482 e. The minimum atomic E-state index is -0.778. The maximum absolute atomic E-state index is 14.4. The number of nitrogens with zero attached hydrogens (tertiary/aromatic N) is 3. The summed E-state index contributed by atoms with van der Waals surface area (Å²) >= 11 is 1.21. The van der Waals surface area contributed by atoms with E-state index in [9.17, 15) is 23.6 Å². The van der Waals surface area contributed by atoms with Crippen molar-refractivity contribution in [1.29, 1.82) is 0 Å². The Balaban J connectivity index is 1.32. The topological polar surface area (TPSA) is 141 Å². The van der Waals surface area contributed by atoms with Crippen LogP contribution in [0, 0.1) is 5.82 Å². The van der Waals surface area contributed by atoms with Crippen LogP contribution < -0.4 is 15.4 Å². The number of fused-ring (bicyclic) bond motifs is 2. The second-order valence-corrected chi connectivity index (χ2v) is 9.25. The molecule has 5 rings (SSSR count). The van der Waals surface area contributed by atoms with E-state index < -0.39 is 17.7 Å². The molecule has 194 valence electrons. The molecule has 1 aliphatic rings. The molecule has 4 aromatic rings. The number of ketones is 1. The number of aryl methyl sites for hydroxylation is 1. The molecule has 0 aliphatic carbocycles. The number of aromatic nitrogens is 3. The lowest BCUT2D eigenvalue weighted by atomic mass is 10.1. The number of amides is 2. The molecule has 2 amide bonds. The van der Waals surface area contributed by atoms with Gasteiger partial charge in [0.15, 0.2) is 23.9 Å². The highest BCUT2D eigenvalue weighted by Crippen LogP contribution is 2.28. The summed E-state index contributed by atoms with van der Waals surface area (Å²) in [5.74, 6) is -2.00. The van der Waals surface area contributed by atoms with Gasteiger partial charge < -0.3 is 20.1 Å². The van der Waals surface area contributed by atoms with Crippen LogP contribution in [0.25, 0.3) is 5.65 Å². The molecule has 2 N–H and O–H groups in total. The fourth-order valence-corrected chi connectivity index (χ4v) is 4.73. The second kappa shape index (κ2) is 10.4. The van der Waals surface area contributed by atoms with Crippen LogP contribution in [0.3, 0.4) is 0 Å². The smallest absolute Gasteiger partial charge is 0.348 e. The number of Topliss-reactive ketones (excluding diaryl/α,β-unsaturated/α-hetero) is 1. The third-order valence-electron chi connectivity index (χ3n) is 5.76. The van der Waals surface area contributed by atoms with Crippen molar-refractivity contribution in [2.45, 2.75) is 19.4 Å². The van der Waals surface area contributed by atoms with E-state index in [4.69, 9.17) is 9.47 Å². The van der Waals surface area contributed by atoms with Gasteiger partial charge in [-0.15, -0.1) is 11.3 Å². The zero-order valence-corrected chi connectivity index (χ0v) is 20.8. The molecule has 0 spiro atoms. The van der Waals surface area contributed by atoms with Crippen molar-refractivity contribution in [2.75, 3.05) is 19.0 Å². The van der Waals surface area contributed by atoms with Gasteiger partial charge in [0.2, 0.25) is 0 Å². The van der Waals surface area contributed by atoms with Crippen LogP contribution in [0.2, 0.25) is 0 Å². The highest BCUT2D eigenvalue weighted by atomic mass is 32.1. The number of esters is 1. The first kappa shape index (κ1) is 25.0.